The van der Waals surface area contributed by atoms with Crippen molar-refractivity contribution in [1.29, 1.82) is 0 Å². The Morgan fingerprint density at radius 1 is 1.14 bits per heavy atom. The molecule has 0 aromatic carbocycles. The largest absolute Gasteiger partial charge is 0.429 e. The number of aromatic nitrogens is 3. The summed E-state index contributed by atoms with van der Waals surface area (Å²) in [6.45, 7) is 1.36. The molecule has 0 N–H and O–H groups in total. The number of imidazole rings is 1. The van der Waals surface area contributed by atoms with E-state index in [4.69, 9.17) is 0 Å². The van der Waals surface area contributed by atoms with Crippen LogP contribution in [0.1, 0.15) is 12.6 Å². The van der Waals surface area contributed by atoms with Gasteiger partial charge in [-0.3, -0.25) is 9.98 Å². The first-order chi connectivity index (χ1) is 16.2. The minimum atomic E-state index is -4.66. The molecule has 2 aromatic rings. The first-order valence-corrected chi connectivity index (χ1v) is 11.9. The van der Waals surface area contributed by atoms with Gasteiger partial charge in [0.2, 0.25) is 0 Å². The van der Waals surface area contributed by atoms with Crippen molar-refractivity contribution in [2.45, 2.75) is 30.6 Å². The second-order valence-corrected chi connectivity index (χ2v) is 10.1. The summed E-state index contributed by atoms with van der Waals surface area (Å²) in [5.41, 5.74) is -1.24. The highest BCUT2D eigenvalue weighted by atomic mass is 32.2. The Hall–Kier alpha value is -3.22. The van der Waals surface area contributed by atoms with Crippen molar-refractivity contribution < 1.29 is 34.8 Å². The quantitative estimate of drug-likeness (QED) is 0.576. The van der Waals surface area contributed by atoms with E-state index in [0.717, 1.165) is 24.5 Å². The van der Waals surface area contributed by atoms with E-state index in [1.165, 1.54) is 36.8 Å². The van der Waals surface area contributed by atoms with Crippen LogP contribution < -0.4 is 10.6 Å². The lowest BCUT2D eigenvalue weighted by Crippen LogP contribution is -2.31. The first kappa shape index (κ1) is 24.9. The fourth-order valence-electron chi connectivity index (χ4n) is 3.85. The molecule has 3 heterocycles. The lowest BCUT2D eigenvalue weighted by atomic mass is 9.92. The summed E-state index contributed by atoms with van der Waals surface area (Å²) in [5.74, 6) is -2.33. The van der Waals surface area contributed by atoms with Gasteiger partial charge in [0.25, 0.3) is 0 Å². The van der Waals surface area contributed by atoms with Crippen LogP contribution in [0.25, 0.3) is 11.8 Å². The Labute approximate surface area is 195 Å². The van der Waals surface area contributed by atoms with Gasteiger partial charge in [0, 0.05) is 19.7 Å². The second kappa shape index (κ2) is 8.47. The summed E-state index contributed by atoms with van der Waals surface area (Å²) in [6, 6.07) is 1.10. The minimum Gasteiger partial charge on any atom is -0.325 e. The van der Waals surface area contributed by atoms with E-state index in [-0.39, 0.29) is 43.3 Å². The van der Waals surface area contributed by atoms with Crippen LogP contribution in [0.3, 0.4) is 0 Å². The van der Waals surface area contributed by atoms with Crippen LogP contribution in [0.15, 0.2) is 46.5 Å². The summed E-state index contributed by atoms with van der Waals surface area (Å²) in [7, 11) is -2.55. The molecule has 1 aliphatic heterocycles. The lowest BCUT2D eigenvalue weighted by Gasteiger charge is -2.20. The molecular weight excluding hydrogens is 498 g/mol. The molecule has 2 aliphatic rings. The maximum absolute atomic E-state index is 13.6. The number of allylic oxidation sites excluding steroid dienone is 4. The van der Waals surface area contributed by atoms with Gasteiger partial charge in [-0.25, -0.2) is 13.4 Å². The number of alkyl halides is 6. The maximum Gasteiger partial charge on any atom is 0.429 e. The van der Waals surface area contributed by atoms with E-state index < -0.39 is 40.2 Å². The van der Waals surface area contributed by atoms with Crippen LogP contribution in [-0.2, 0) is 23.3 Å². The van der Waals surface area contributed by atoms with Crippen LogP contribution in [0.5, 0.6) is 0 Å². The molecule has 0 saturated carbocycles. The summed E-state index contributed by atoms with van der Waals surface area (Å²) in [4.78, 5) is 11.4. The van der Waals surface area contributed by atoms with Crippen LogP contribution in [0.4, 0.5) is 26.3 Å². The second-order valence-electron chi connectivity index (χ2n) is 7.90. The third kappa shape index (κ3) is 4.56. The summed E-state index contributed by atoms with van der Waals surface area (Å²) < 4.78 is 107. The molecule has 0 fully saturated rings. The zero-order chi connectivity index (χ0) is 25.8. The molecule has 0 amide bonds. The number of hydrogen-bond acceptors (Lipinski definition) is 5. The number of sulfone groups is 1. The Bertz CT molecular complexity index is 1610. The van der Waals surface area contributed by atoms with Crippen molar-refractivity contribution in [3.05, 3.63) is 63.7 Å². The molecule has 1 unspecified atom stereocenters. The Balaban J connectivity index is 2.06. The molecule has 4 rings (SSSR count). The normalized spacial score (nSPS) is 20.9. The molecule has 2 aromatic heterocycles. The molecule has 186 valence electrons. The number of nitrogens with zero attached hydrogens (tertiary/aromatic N) is 4. The summed E-state index contributed by atoms with van der Waals surface area (Å²) in [5, 5.41) is 0.0245. The Morgan fingerprint density at radius 2 is 1.86 bits per heavy atom. The predicted molar refractivity (Wildman–Crippen MR) is 115 cm³/mol. The van der Waals surface area contributed by atoms with Crippen LogP contribution in [-0.4, -0.2) is 46.8 Å². The van der Waals surface area contributed by atoms with E-state index in [1.54, 1.807) is 0 Å². The van der Waals surface area contributed by atoms with Crippen LogP contribution >= 0.6 is 0 Å². The van der Waals surface area contributed by atoms with E-state index in [0.29, 0.717) is 0 Å². The maximum atomic E-state index is 13.6. The highest BCUT2D eigenvalue weighted by molar-refractivity contribution is 7.91. The highest BCUT2D eigenvalue weighted by Gasteiger charge is 2.40. The van der Waals surface area contributed by atoms with Crippen molar-refractivity contribution in [1.82, 2.24) is 14.5 Å². The van der Waals surface area contributed by atoms with Gasteiger partial charge in [-0.15, -0.1) is 0 Å². The van der Waals surface area contributed by atoms with Crippen LogP contribution in [0, 0.1) is 16.7 Å². The standard InChI is InChI=1S/C22H18F6N4O2S/c1-3-35(33,34)17-8-12(13-6-4-5-7-14(13)21(23,24)25)10-30-19(17)20-31-15-9-18(22(26,27)28)29-11-16(15)32(20)2/h4-8,10-11,14H,3,9H2,1-2H3. The average Bonchev–Trinajstić information content (AvgIpc) is 3.13. The highest BCUT2D eigenvalue weighted by Crippen LogP contribution is 2.35. The molecule has 0 saturated heterocycles. The molecule has 0 radical (unpaired) electrons. The van der Waals surface area contributed by atoms with Gasteiger partial charge in [-0.2, -0.15) is 26.3 Å². The number of aliphatic imine (C=N–C) groups is 1. The predicted octanol–water partition coefficient (Wildman–Crippen LogP) is 2.65. The van der Waals surface area contributed by atoms with Crippen LogP contribution in [0.2, 0.25) is 0 Å². The molecule has 1 aliphatic carbocycles. The minimum absolute atomic E-state index is 0.0300. The van der Waals surface area contributed by atoms with E-state index >= 15 is 0 Å². The first-order valence-electron chi connectivity index (χ1n) is 10.3. The van der Waals surface area contributed by atoms with Gasteiger partial charge in [-0.05, 0) is 16.9 Å². The molecule has 0 bridgehead atoms. The summed E-state index contributed by atoms with van der Waals surface area (Å²) in [6.07, 6.45) is -2.93. The van der Waals surface area contributed by atoms with Crippen molar-refractivity contribution in [2.75, 3.05) is 5.75 Å². The third-order valence-electron chi connectivity index (χ3n) is 5.71. The third-order valence-corrected chi connectivity index (χ3v) is 7.45. The van der Waals surface area contributed by atoms with E-state index in [2.05, 4.69) is 15.0 Å². The van der Waals surface area contributed by atoms with E-state index in [9.17, 15) is 34.8 Å². The molecule has 35 heavy (non-hydrogen) atoms. The van der Waals surface area contributed by atoms with Crippen molar-refractivity contribution in [3.63, 3.8) is 0 Å². The van der Waals surface area contributed by atoms with Gasteiger partial charge < -0.3 is 4.57 Å². The smallest absolute Gasteiger partial charge is 0.325 e. The van der Waals surface area contributed by atoms with Gasteiger partial charge in [0.05, 0.1) is 33.8 Å². The number of fused-ring (bicyclic) bond motifs is 1. The van der Waals surface area contributed by atoms with Crippen molar-refractivity contribution in [2.24, 2.45) is 18.0 Å². The van der Waals surface area contributed by atoms with Gasteiger partial charge in [-0.1, -0.05) is 31.2 Å². The van der Waals surface area contributed by atoms with E-state index in [1.807, 2.05) is 0 Å². The molecule has 1 atom stereocenters. The van der Waals surface area contributed by atoms with Gasteiger partial charge >= 0.3 is 12.4 Å². The average molecular weight is 516 g/mol. The topological polar surface area (TPSA) is 77.2 Å². The Morgan fingerprint density at radius 3 is 2.49 bits per heavy atom. The lowest BCUT2D eigenvalue weighted by molar-refractivity contribution is -0.146. The SMILES string of the molecule is CCS(=O)(=O)c1cc(=C2C=CC=CC2C(F)(F)F)cnc1=c1nc2c(n1C)=CN=C(C(F)(F)F)C2. The monoisotopic (exact) mass is 516 g/mol. The molecule has 0 spiro atoms. The fraction of sp³-hybridized carbons (Fsp3) is 0.318. The molecular formula is C22H18F6N4O2S. The number of pyridine rings is 1. The van der Waals surface area contributed by atoms with Gasteiger partial charge in [0.15, 0.2) is 15.3 Å². The number of halogens is 6. The van der Waals surface area contributed by atoms with Gasteiger partial charge in [0.1, 0.15) is 11.1 Å². The molecule has 6 nitrogen and oxygen atoms in total. The fourth-order valence-corrected chi connectivity index (χ4v) is 4.91. The zero-order valence-corrected chi connectivity index (χ0v) is 19.1. The van der Waals surface area contributed by atoms with Crippen molar-refractivity contribution in [3.8, 4) is 0 Å². The van der Waals surface area contributed by atoms with Crippen molar-refractivity contribution >= 4 is 27.3 Å². The Kier molecular flexibility index (Phi) is 6.02. The zero-order valence-electron chi connectivity index (χ0n) is 18.3. The summed E-state index contributed by atoms with van der Waals surface area (Å²) >= 11 is 0. The number of rotatable bonds is 2. The number of hydrogen-bond donors (Lipinski definition) is 0. The molecule has 13 heteroatoms.